The number of aliphatic hydroxyl groups is 1. The number of hydrogen-bond donors (Lipinski definition) is 2. The van der Waals surface area contributed by atoms with Crippen LogP contribution in [0, 0.1) is 0 Å². The molecule has 0 aromatic rings. The summed E-state index contributed by atoms with van der Waals surface area (Å²) in [6, 6.07) is 0. The van der Waals surface area contributed by atoms with Gasteiger partial charge in [0.15, 0.2) is 0 Å². The van der Waals surface area contributed by atoms with E-state index in [0.717, 1.165) is 25.8 Å². The number of rotatable bonds is 12. The summed E-state index contributed by atoms with van der Waals surface area (Å²) < 4.78 is 0. The van der Waals surface area contributed by atoms with Crippen molar-refractivity contribution >= 4 is 5.78 Å². The first-order chi connectivity index (χ1) is 7.77. The third-order valence-corrected chi connectivity index (χ3v) is 2.74. The Labute approximate surface area is 99.6 Å². The molecule has 0 atom stereocenters. The van der Waals surface area contributed by atoms with Crippen LogP contribution in [0.1, 0.15) is 64.7 Å². The number of Topliss-reactive ketones (excluding diaryl/α,β-unsaturated/α-hetero) is 1. The van der Waals surface area contributed by atoms with Gasteiger partial charge in [0, 0.05) is 6.42 Å². The Morgan fingerprint density at radius 2 is 1.44 bits per heavy atom. The van der Waals surface area contributed by atoms with E-state index in [1.807, 2.05) is 0 Å². The SMILES string of the molecule is CC(=O)CCCCCCCCCCNCO. The molecule has 3 nitrogen and oxygen atoms in total. The monoisotopic (exact) mass is 229 g/mol. The maximum absolute atomic E-state index is 10.7. The van der Waals surface area contributed by atoms with Gasteiger partial charge in [0.25, 0.3) is 0 Å². The van der Waals surface area contributed by atoms with E-state index in [-0.39, 0.29) is 6.73 Å². The van der Waals surface area contributed by atoms with E-state index in [9.17, 15) is 4.79 Å². The Bertz CT molecular complexity index is 160. The Morgan fingerprint density at radius 3 is 1.94 bits per heavy atom. The maximum atomic E-state index is 10.7. The smallest absolute Gasteiger partial charge is 0.129 e. The first-order valence-corrected chi connectivity index (χ1v) is 6.58. The Balaban J connectivity index is 2.90. The minimum Gasteiger partial charge on any atom is -0.381 e. The molecule has 0 rings (SSSR count). The maximum Gasteiger partial charge on any atom is 0.129 e. The van der Waals surface area contributed by atoms with Crippen molar-refractivity contribution in [3.05, 3.63) is 0 Å². The summed E-state index contributed by atoms with van der Waals surface area (Å²) in [5.41, 5.74) is 0. The van der Waals surface area contributed by atoms with Gasteiger partial charge < -0.3 is 9.90 Å². The molecule has 0 aromatic carbocycles. The fourth-order valence-corrected chi connectivity index (χ4v) is 1.76. The molecule has 0 aliphatic heterocycles. The molecule has 0 unspecified atom stereocenters. The number of unbranched alkanes of at least 4 members (excludes halogenated alkanes) is 7. The van der Waals surface area contributed by atoms with Gasteiger partial charge in [-0.25, -0.2) is 0 Å². The molecule has 0 aromatic heterocycles. The predicted molar refractivity (Wildman–Crippen MR) is 67.3 cm³/mol. The Kier molecular flexibility index (Phi) is 12.3. The van der Waals surface area contributed by atoms with Gasteiger partial charge in [-0.1, -0.05) is 38.5 Å². The van der Waals surface area contributed by atoms with Gasteiger partial charge in [0.05, 0.1) is 6.73 Å². The molecule has 0 saturated heterocycles. The largest absolute Gasteiger partial charge is 0.381 e. The van der Waals surface area contributed by atoms with Crippen molar-refractivity contribution in [3.63, 3.8) is 0 Å². The van der Waals surface area contributed by atoms with E-state index in [4.69, 9.17) is 5.11 Å². The van der Waals surface area contributed by atoms with Crippen molar-refractivity contribution in [2.24, 2.45) is 0 Å². The normalized spacial score (nSPS) is 10.6. The van der Waals surface area contributed by atoms with Gasteiger partial charge >= 0.3 is 0 Å². The molecule has 0 aliphatic carbocycles. The molecule has 3 heteroatoms. The van der Waals surface area contributed by atoms with Crippen molar-refractivity contribution in [2.75, 3.05) is 13.3 Å². The first kappa shape index (κ1) is 15.6. The molecule has 0 bridgehead atoms. The average molecular weight is 229 g/mol. The van der Waals surface area contributed by atoms with Crippen molar-refractivity contribution in [1.29, 1.82) is 0 Å². The van der Waals surface area contributed by atoms with Crippen molar-refractivity contribution in [3.8, 4) is 0 Å². The molecule has 0 heterocycles. The predicted octanol–water partition coefficient (Wildman–Crippen LogP) is 2.63. The first-order valence-electron chi connectivity index (χ1n) is 6.58. The second-order valence-electron chi connectivity index (χ2n) is 4.44. The van der Waals surface area contributed by atoms with Crippen molar-refractivity contribution < 1.29 is 9.90 Å². The van der Waals surface area contributed by atoms with E-state index in [2.05, 4.69) is 5.32 Å². The number of aliphatic hydroxyl groups excluding tert-OH is 1. The molecule has 0 radical (unpaired) electrons. The fraction of sp³-hybridized carbons (Fsp3) is 0.923. The Morgan fingerprint density at radius 1 is 0.938 bits per heavy atom. The van der Waals surface area contributed by atoms with E-state index in [0.29, 0.717) is 5.78 Å². The van der Waals surface area contributed by atoms with Gasteiger partial charge in [-0.3, -0.25) is 5.32 Å². The van der Waals surface area contributed by atoms with Gasteiger partial charge in [0.2, 0.25) is 0 Å². The van der Waals surface area contributed by atoms with Crippen LogP contribution in [0.4, 0.5) is 0 Å². The quantitative estimate of drug-likeness (QED) is 0.399. The molecule has 96 valence electrons. The molecule has 0 spiro atoms. The van der Waals surface area contributed by atoms with Crippen molar-refractivity contribution in [1.82, 2.24) is 5.32 Å². The molecule has 0 fully saturated rings. The third kappa shape index (κ3) is 13.6. The van der Waals surface area contributed by atoms with Crippen molar-refractivity contribution in [2.45, 2.75) is 64.7 Å². The number of ketones is 1. The van der Waals surface area contributed by atoms with E-state index in [1.54, 1.807) is 6.92 Å². The average Bonchev–Trinajstić information content (AvgIpc) is 2.25. The summed E-state index contributed by atoms with van der Waals surface area (Å²) in [6.07, 6.45) is 10.6. The Hall–Kier alpha value is -0.410. The summed E-state index contributed by atoms with van der Waals surface area (Å²) in [5, 5.41) is 11.4. The van der Waals surface area contributed by atoms with E-state index < -0.39 is 0 Å². The summed E-state index contributed by atoms with van der Waals surface area (Å²) in [7, 11) is 0. The second-order valence-corrected chi connectivity index (χ2v) is 4.44. The number of carbonyl (C=O) groups excluding carboxylic acids is 1. The molecule has 0 aliphatic rings. The zero-order valence-electron chi connectivity index (χ0n) is 10.6. The zero-order valence-corrected chi connectivity index (χ0v) is 10.6. The van der Waals surface area contributed by atoms with Crippen LogP contribution in [-0.2, 0) is 4.79 Å². The van der Waals surface area contributed by atoms with E-state index >= 15 is 0 Å². The number of hydrogen-bond acceptors (Lipinski definition) is 3. The fourth-order valence-electron chi connectivity index (χ4n) is 1.76. The molecule has 16 heavy (non-hydrogen) atoms. The van der Waals surface area contributed by atoms with Gasteiger partial charge in [-0.15, -0.1) is 0 Å². The highest BCUT2D eigenvalue weighted by Crippen LogP contribution is 2.09. The lowest BCUT2D eigenvalue weighted by atomic mass is 10.1. The van der Waals surface area contributed by atoms with Crippen LogP contribution in [0.3, 0.4) is 0 Å². The lowest BCUT2D eigenvalue weighted by Gasteiger charge is -2.02. The highest BCUT2D eigenvalue weighted by molar-refractivity contribution is 5.75. The molecule has 0 saturated carbocycles. The zero-order chi connectivity index (χ0) is 12.1. The summed E-state index contributed by atoms with van der Waals surface area (Å²) >= 11 is 0. The van der Waals surface area contributed by atoms with Gasteiger partial charge in [-0.2, -0.15) is 0 Å². The molecular weight excluding hydrogens is 202 g/mol. The summed E-state index contributed by atoms with van der Waals surface area (Å²) in [6.45, 7) is 2.69. The minimum atomic E-state index is 0.0934. The van der Waals surface area contributed by atoms with Crippen LogP contribution in [0.2, 0.25) is 0 Å². The standard InChI is InChI=1S/C13H27NO2/c1-13(16)10-8-6-4-2-3-5-7-9-11-14-12-15/h14-15H,2-12H2,1H3. The topological polar surface area (TPSA) is 49.3 Å². The van der Waals surface area contributed by atoms with Crippen LogP contribution in [0.15, 0.2) is 0 Å². The second kappa shape index (κ2) is 12.7. The van der Waals surface area contributed by atoms with Crippen LogP contribution in [-0.4, -0.2) is 24.2 Å². The number of nitrogens with one attached hydrogen (secondary N) is 1. The minimum absolute atomic E-state index is 0.0934. The van der Waals surface area contributed by atoms with Crippen LogP contribution < -0.4 is 5.32 Å². The molecular formula is C13H27NO2. The summed E-state index contributed by atoms with van der Waals surface area (Å²) in [5.74, 6) is 0.316. The van der Waals surface area contributed by atoms with Crippen LogP contribution >= 0.6 is 0 Å². The lowest BCUT2D eigenvalue weighted by molar-refractivity contribution is -0.117. The summed E-state index contributed by atoms with van der Waals surface area (Å²) in [4.78, 5) is 10.7. The van der Waals surface area contributed by atoms with Gasteiger partial charge in [-0.05, 0) is 26.3 Å². The number of carbonyl (C=O) groups is 1. The molecule has 2 N–H and O–H groups in total. The highest BCUT2D eigenvalue weighted by Gasteiger charge is 1.94. The highest BCUT2D eigenvalue weighted by atomic mass is 16.3. The lowest BCUT2D eigenvalue weighted by Crippen LogP contribution is -2.15. The van der Waals surface area contributed by atoms with Gasteiger partial charge in [0.1, 0.15) is 5.78 Å². The molecule has 0 amide bonds. The third-order valence-electron chi connectivity index (χ3n) is 2.74. The van der Waals surface area contributed by atoms with E-state index in [1.165, 1.54) is 38.5 Å². The van der Waals surface area contributed by atoms with Crippen LogP contribution in [0.25, 0.3) is 0 Å². The van der Waals surface area contributed by atoms with Crippen LogP contribution in [0.5, 0.6) is 0 Å².